The minimum atomic E-state index is 0.869. The predicted octanol–water partition coefficient (Wildman–Crippen LogP) is 3.42. The standard InChI is InChI=1S/C10H14BrNOS/c1-4-12(2)14-8-5-6-10(13-3)9(11)7-8/h5-7H,4H2,1-3H3. The van der Waals surface area contributed by atoms with Crippen LogP contribution in [0.1, 0.15) is 6.92 Å². The van der Waals surface area contributed by atoms with E-state index in [1.54, 1.807) is 19.1 Å². The molecule has 0 aliphatic heterocycles. The van der Waals surface area contributed by atoms with Crippen molar-refractivity contribution in [3.63, 3.8) is 0 Å². The summed E-state index contributed by atoms with van der Waals surface area (Å²) in [6.45, 7) is 3.15. The molecule has 0 saturated heterocycles. The SMILES string of the molecule is CCN(C)Sc1ccc(OC)c(Br)c1. The molecule has 0 aromatic heterocycles. The second-order valence-corrected chi connectivity index (χ2v) is 4.96. The van der Waals surface area contributed by atoms with Crippen LogP contribution in [-0.2, 0) is 0 Å². The summed E-state index contributed by atoms with van der Waals surface area (Å²) in [4.78, 5) is 1.21. The third-order valence-corrected chi connectivity index (χ3v) is 3.48. The molecule has 0 N–H and O–H groups in total. The van der Waals surface area contributed by atoms with E-state index in [2.05, 4.69) is 46.3 Å². The lowest BCUT2D eigenvalue weighted by atomic mass is 10.3. The average molecular weight is 276 g/mol. The molecule has 0 atom stereocenters. The summed E-state index contributed by atoms with van der Waals surface area (Å²) < 4.78 is 8.33. The van der Waals surface area contributed by atoms with Gasteiger partial charge in [0, 0.05) is 11.4 Å². The van der Waals surface area contributed by atoms with Crippen LogP contribution in [0, 0.1) is 0 Å². The maximum Gasteiger partial charge on any atom is 0.133 e. The van der Waals surface area contributed by atoms with Gasteiger partial charge in [0.1, 0.15) is 5.75 Å². The highest BCUT2D eigenvalue weighted by Crippen LogP contribution is 2.30. The molecule has 0 fully saturated rings. The lowest BCUT2D eigenvalue weighted by Crippen LogP contribution is -2.06. The summed E-state index contributed by atoms with van der Waals surface area (Å²) in [5, 5.41) is 0. The first kappa shape index (κ1) is 11.9. The van der Waals surface area contributed by atoms with Gasteiger partial charge in [0.25, 0.3) is 0 Å². The first-order valence-corrected chi connectivity index (χ1v) is 5.96. The van der Waals surface area contributed by atoms with Crippen LogP contribution in [0.15, 0.2) is 27.6 Å². The molecule has 0 saturated carbocycles. The van der Waals surface area contributed by atoms with Gasteiger partial charge in [0.2, 0.25) is 0 Å². The molecule has 0 radical (unpaired) electrons. The predicted molar refractivity (Wildman–Crippen MR) is 64.9 cm³/mol. The summed E-state index contributed by atoms with van der Waals surface area (Å²) in [6, 6.07) is 6.09. The Bertz CT molecular complexity index is 306. The van der Waals surface area contributed by atoms with Crippen molar-refractivity contribution >= 4 is 27.9 Å². The average Bonchev–Trinajstić information content (AvgIpc) is 2.18. The summed E-state index contributed by atoms with van der Waals surface area (Å²) in [7, 11) is 3.74. The van der Waals surface area contributed by atoms with E-state index in [9.17, 15) is 0 Å². The molecule has 0 aliphatic carbocycles. The minimum absolute atomic E-state index is 0.869. The van der Waals surface area contributed by atoms with Crippen molar-refractivity contribution in [2.45, 2.75) is 11.8 Å². The molecule has 0 amide bonds. The fourth-order valence-corrected chi connectivity index (χ4v) is 2.43. The van der Waals surface area contributed by atoms with Crippen LogP contribution >= 0.6 is 27.9 Å². The van der Waals surface area contributed by atoms with Crippen LogP contribution in [-0.4, -0.2) is 25.0 Å². The zero-order chi connectivity index (χ0) is 10.6. The summed E-state index contributed by atoms with van der Waals surface area (Å²) in [6.07, 6.45) is 0. The quantitative estimate of drug-likeness (QED) is 0.782. The molecule has 4 heteroatoms. The van der Waals surface area contributed by atoms with Gasteiger partial charge in [0.05, 0.1) is 11.6 Å². The number of rotatable bonds is 4. The van der Waals surface area contributed by atoms with Crippen molar-refractivity contribution in [3.8, 4) is 5.75 Å². The molecule has 0 bridgehead atoms. The summed E-state index contributed by atoms with van der Waals surface area (Å²) >= 11 is 5.19. The van der Waals surface area contributed by atoms with Crippen molar-refractivity contribution in [3.05, 3.63) is 22.7 Å². The Morgan fingerprint density at radius 3 is 2.71 bits per heavy atom. The Hall–Kier alpha value is -0.190. The Morgan fingerprint density at radius 2 is 2.21 bits per heavy atom. The van der Waals surface area contributed by atoms with E-state index in [-0.39, 0.29) is 0 Å². The second-order valence-electron chi connectivity index (χ2n) is 2.83. The number of halogens is 1. The van der Waals surface area contributed by atoms with Crippen LogP contribution in [0.5, 0.6) is 5.75 Å². The van der Waals surface area contributed by atoms with E-state index in [4.69, 9.17) is 4.74 Å². The van der Waals surface area contributed by atoms with E-state index >= 15 is 0 Å². The maximum atomic E-state index is 5.16. The Labute approximate surface area is 97.9 Å². The van der Waals surface area contributed by atoms with Crippen molar-refractivity contribution < 1.29 is 4.74 Å². The summed E-state index contributed by atoms with van der Waals surface area (Å²) in [5.74, 6) is 0.869. The Balaban J connectivity index is 2.76. The molecule has 2 nitrogen and oxygen atoms in total. The van der Waals surface area contributed by atoms with Gasteiger partial charge in [-0.05, 0) is 53.1 Å². The van der Waals surface area contributed by atoms with Gasteiger partial charge >= 0.3 is 0 Å². The molecule has 1 rings (SSSR count). The van der Waals surface area contributed by atoms with E-state index in [1.807, 2.05) is 6.07 Å². The molecule has 0 aliphatic rings. The van der Waals surface area contributed by atoms with Gasteiger partial charge in [-0.15, -0.1) is 0 Å². The fraction of sp³-hybridized carbons (Fsp3) is 0.400. The smallest absolute Gasteiger partial charge is 0.133 e. The van der Waals surface area contributed by atoms with Gasteiger partial charge in [-0.2, -0.15) is 0 Å². The normalized spacial score (nSPS) is 10.6. The van der Waals surface area contributed by atoms with Gasteiger partial charge in [-0.1, -0.05) is 6.92 Å². The fourth-order valence-electron chi connectivity index (χ4n) is 0.948. The highest BCUT2D eigenvalue weighted by atomic mass is 79.9. The number of ether oxygens (including phenoxy) is 1. The molecule has 1 aromatic rings. The molecular weight excluding hydrogens is 262 g/mol. The van der Waals surface area contributed by atoms with E-state index < -0.39 is 0 Å². The van der Waals surface area contributed by atoms with E-state index in [0.717, 1.165) is 16.8 Å². The lowest BCUT2D eigenvalue weighted by Gasteiger charge is -2.13. The number of methoxy groups -OCH3 is 1. The zero-order valence-electron chi connectivity index (χ0n) is 8.58. The summed E-state index contributed by atoms with van der Waals surface area (Å²) in [5.41, 5.74) is 0. The van der Waals surface area contributed by atoms with Crippen molar-refractivity contribution in [1.82, 2.24) is 4.31 Å². The molecule has 14 heavy (non-hydrogen) atoms. The van der Waals surface area contributed by atoms with Crippen molar-refractivity contribution in [2.75, 3.05) is 20.7 Å². The molecular formula is C10H14BrNOS. The first-order chi connectivity index (χ1) is 6.67. The number of nitrogens with zero attached hydrogens (tertiary/aromatic N) is 1. The van der Waals surface area contributed by atoms with Crippen LogP contribution < -0.4 is 4.74 Å². The third-order valence-electron chi connectivity index (χ3n) is 1.83. The topological polar surface area (TPSA) is 12.5 Å². The van der Waals surface area contributed by atoms with Crippen molar-refractivity contribution in [2.24, 2.45) is 0 Å². The molecule has 0 spiro atoms. The maximum absolute atomic E-state index is 5.16. The zero-order valence-corrected chi connectivity index (χ0v) is 11.0. The van der Waals surface area contributed by atoms with Crippen molar-refractivity contribution in [1.29, 1.82) is 0 Å². The molecule has 0 unspecified atom stereocenters. The number of benzene rings is 1. The van der Waals surface area contributed by atoms with E-state index in [1.165, 1.54) is 4.90 Å². The monoisotopic (exact) mass is 275 g/mol. The van der Waals surface area contributed by atoms with Gasteiger partial charge in [0.15, 0.2) is 0 Å². The van der Waals surface area contributed by atoms with Crippen LogP contribution in [0.4, 0.5) is 0 Å². The van der Waals surface area contributed by atoms with E-state index in [0.29, 0.717) is 0 Å². The van der Waals surface area contributed by atoms with Gasteiger partial charge in [-0.3, -0.25) is 0 Å². The second kappa shape index (κ2) is 5.63. The largest absolute Gasteiger partial charge is 0.496 e. The first-order valence-electron chi connectivity index (χ1n) is 4.40. The van der Waals surface area contributed by atoms with Crippen LogP contribution in [0.25, 0.3) is 0 Å². The van der Waals surface area contributed by atoms with Gasteiger partial charge < -0.3 is 4.74 Å². The van der Waals surface area contributed by atoms with Gasteiger partial charge in [-0.25, -0.2) is 4.31 Å². The molecule has 78 valence electrons. The molecule has 0 heterocycles. The van der Waals surface area contributed by atoms with Crippen LogP contribution in [0.3, 0.4) is 0 Å². The highest BCUT2D eigenvalue weighted by Gasteiger charge is 2.03. The minimum Gasteiger partial charge on any atom is -0.496 e. The van der Waals surface area contributed by atoms with Crippen LogP contribution in [0.2, 0.25) is 0 Å². The third kappa shape index (κ3) is 3.19. The Kier molecular flexibility index (Phi) is 4.78. The number of hydrogen-bond donors (Lipinski definition) is 0. The lowest BCUT2D eigenvalue weighted by molar-refractivity contribution is 0.412. The molecule has 1 aromatic carbocycles. The highest BCUT2D eigenvalue weighted by molar-refractivity contribution is 9.10. The Morgan fingerprint density at radius 1 is 1.50 bits per heavy atom. The number of hydrogen-bond acceptors (Lipinski definition) is 3.